The molecule has 22 heavy (non-hydrogen) atoms. The van der Waals surface area contributed by atoms with Crippen molar-refractivity contribution in [1.82, 2.24) is 4.98 Å². The van der Waals surface area contributed by atoms with E-state index >= 15 is 0 Å². The van der Waals surface area contributed by atoms with Crippen LogP contribution in [0.2, 0.25) is 0 Å². The van der Waals surface area contributed by atoms with E-state index in [1.165, 1.54) is 25.5 Å². The van der Waals surface area contributed by atoms with Crippen molar-refractivity contribution in [2.75, 3.05) is 12.5 Å². The maximum absolute atomic E-state index is 10.5. The van der Waals surface area contributed by atoms with Gasteiger partial charge < -0.3 is 9.84 Å². The summed E-state index contributed by atoms with van der Waals surface area (Å²) in [4.78, 5) is 13.8. The number of methoxy groups -OCH3 is 1. The number of phenolic OH excluding ortho intramolecular Hbond substituents is 1. The Balaban J connectivity index is 2.12. The van der Waals surface area contributed by atoms with Gasteiger partial charge in [-0.2, -0.15) is 5.10 Å². The molecule has 1 heterocycles. The zero-order valence-corrected chi connectivity index (χ0v) is 12.9. The SMILES string of the molecule is COc1cc(Br)cc(C=NNc2ccc([N+](=O)[O-])cn2)c1O. The van der Waals surface area contributed by atoms with Gasteiger partial charge in [0.15, 0.2) is 11.5 Å². The van der Waals surface area contributed by atoms with Crippen molar-refractivity contribution < 1.29 is 14.8 Å². The van der Waals surface area contributed by atoms with Gasteiger partial charge in [0.1, 0.15) is 12.0 Å². The van der Waals surface area contributed by atoms with Crippen LogP contribution in [0, 0.1) is 10.1 Å². The van der Waals surface area contributed by atoms with Gasteiger partial charge in [0.05, 0.1) is 18.2 Å². The normalized spacial score (nSPS) is 10.6. The number of hydrazone groups is 1. The van der Waals surface area contributed by atoms with Gasteiger partial charge in [0, 0.05) is 16.1 Å². The molecule has 114 valence electrons. The van der Waals surface area contributed by atoms with Crippen LogP contribution in [0.1, 0.15) is 5.56 Å². The Bertz CT molecular complexity index is 719. The maximum Gasteiger partial charge on any atom is 0.287 e. The van der Waals surface area contributed by atoms with Gasteiger partial charge in [0.25, 0.3) is 5.69 Å². The van der Waals surface area contributed by atoms with Gasteiger partial charge in [-0.15, -0.1) is 0 Å². The molecule has 1 aromatic carbocycles. The summed E-state index contributed by atoms with van der Waals surface area (Å²) in [5, 5.41) is 24.4. The molecule has 0 radical (unpaired) electrons. The highest BCUT2D eigenvalue weighted by Crippen LogP contribution is 2.32. The van der Waals surface area contributed by atoms with Gasteiger partial charge in [-0.25, -0.2) is 4.98 Å². The van der Waals surface area contributed by atoms with E-state index in [9.17, 15) is 15.2 Å². The van der Waals surface area contributed by atoms with E-state index in [1.54, 1.807) is 12.1 Å². The zero-order valence-electron chi connectivity index (χ0n) is 11.4. The maximum atomic E-state index is 10.5. The minimum atomic E-state index is -0.536. The minimum Gasteiger partial charge on any atom is -0.504 e. The molecule has 9 heteroatoms. The van der Waals surface area contributed by atoms with Crippen molar-refractivity contribution >= 4 is 33.6 Å². The second kappa shape index (κ2) is 6.85. The van der Waals surface area contributed by atoms with Crippen molar-refractivity contribution in [3.05, 3.63) is 50.6 Å². The predicted molar refractivity (Wildman–Crippen MR) is 84.5 cm³/mol. The summed E-state index contributed by atoms with van der Waals surface area (Å²) in [7, 11) is 1.45. The first-order valence-electron chi connectivity index (χ1n) is 5.97. The molecule has 2 rings (SSSR count). The van der Waals surface area contributed by atoms with Crippen LogP contribution in [-0.2, 0) is 0 Å². The molecule has 0 saturated carbocycles. The summed E-state index contributed by atoms with van der Waals surface area (Å²) < 4.78 is 5.75. The quantitative estimate of drug-likeness (QED) is 0.478. The molecule has 1 aromatic heterocycles. The summed E-state index contributed by atoms with van der Waals surface area (Å²) in [6.07, 6.45) is 2.50. The molecule has 0 bridgehead atoms. The Morgan fingerprint density at radius 3 is 2.86 bits per heavy atom. The van der Waals surface area contributed by atoms with Gasteiger partial charge >= 0.3 is 0 Å². The Hall–Kier alpha value is -2.68. The van der Waals surface area contributed by atoms with Crippen LogP contribution in [0.5, 0.6) is 11.5 Å². The lowest BCUT2D eigenvalue weighted by atomic mass is 10.2. The van der Waals surface area contributed by atoms with Crippen molar-refractivity contribution in [2.45, 2.75) is 0 Å². The number of rotatable bonds is 5. The Labute approximate surface area is 133 Å². The number of nitro groups is 1. The van der Waals surface area contributed by atoms with Crippen LogP contribution < -0.4 is 10.2 Å². The molecular weight excluding hydrogens is 356 g/mol. The lowest BCUT2D eigenvalue weighted by Crippen LogP contribution is -1.96. The number of halogens is 1. The predicted octanol–water partition coefficient (Wildman–Crippen LogP) is 2.91. The molecule has 0 atom stereocenters. The Kier molecular flexibility index (Phi) is 4.89. The highest BCUT2D eigenvalue weighted by atomic mass is 79.9. The first-order valence-corrected chi connectivity index (χ1v) is 6.76. The lowest BCUT2D eigenvalue weighted by Gasteiger charge is -2.06. The third-order valence-corrected chi connectivity index (χ3v) is 3.09. The van der Waals surface area contributed by atoms with E-state index in [0.29, 0.717) is 17.1 Å². The van der Waals surface area contributed by atoms with Gasteiger partial charge in [0.2, 0.25) is 0 Å². The molecular formula is C13H11BrN4O4. The number of nitrogens with zero attached hydrogens (tertiary/aromatic N) is 3. The molecule has 0 spiro atoms. The largest absolute Gasteiger partial charge is 0.504 e. The molecule has 0 aliphatic heterocycles. The highest BCUT2D eigenvalue weighted by Gasteiger charge is 2.08. The third kappa shape index (κ3) is 3.70. The van der Waals surface area contributed by atoms with Gasteiger partial charge in [-0.1, -0.05) is 15.9 Å². The monoisotopic (exact) mass is 366 g/mol. The smallest absolute Gasteiger partial charge is 0.287 e. The number of pyridine rings is 1. The second-order valence-electron chi connectivity index (χ2n) is 4.07. The number of nitrogens with one attached hydrogen (secondary N) is 1. The fraction of sp³-hybridized carbons (Fsp3) is 0.0769. The summed E-state index contributed by atoms with van der Waals surface area (Å²) in [6.45, 7) is 0. The number of benzene rings is 1. The number of ether oxygens (including phenoxy) is 1. The van der Waals surface area contributed by atoms with Gasteiger partial charge in [-0.05, 0) is 18.2 Å². The second-order valence-corrected chi connectivity index (χ2v) is 4.99. The Morgan fingerprint density at radius 1 is 1.50 bits per heavy atom. The molecule has 0 aliphatic rings. The first-order chi connectivity index (χ1) is 10.5. The Morgan fingerprint density at radius 2 is 2.27 bits per heavy atom. The molecule has 8 nitrogen and oxygen atoms in total. The van der Waals surface area contributed by atoms with Crippen molar-refractivity contribution in [2.24, 2.45) is 5.10 Å². The average molecular weight is 367 g/mol. The summed E-state index contributed by atoms with van der Waals surface area (Å²) in [5.74, 6) is 0.598. The zero-order chi connectivity index (χ0) is 16.1. The molecule has 0 aliphatic carbocycles. The first kappa shape index (κ1) is 15.7. The van der Waals surface area contributed by atoms with Crippen LogP contribution in [0.15, 0.2) is 40.0 Å². The van der Waals surface area contributed by atoms with Crippen LogP contribution in [0.25, 0.3) is 0 Å². The molecule has 0 amide bonds. The van der Waals surface area contributed by atoms with E-state index in [2.05, 4.69) is 31.4 Å². The number of aromatic hydroxyl groups is 1. The van der Waals surface area contributed by atoms with E-state index in [1.807, 2.05) is 0 Å². The van der Waals surface area contributed by atoms with E-state index in [4.69, 9.17) is 4.74 Å². The summed E-state index contributed by atoms with van der Waals surface area (Å²) in [5.41, 5.74) is 2.94. The van der Waals surface area contributed by atoms with Crippen molar-refractivity contribution in [1.29, 1.82) is 0 Å². The number of hydrogen-bond acceptors (Lipinski definition) is 7. The summed E-state index contributed by atoms with van der Waals surface area (Å²) >= 11 is 3.30. The van der Waals surface area contributed by atoms with Crippen LogP contribution >= 0.6 is 15.9 Å². The molecule has 0 saturated heterocycles. The van der Waals surface area contributed by atoms with E-state index in [-0.39, 0.29) is 11.4 Å². The van der Waals surface area contributed by atoms with Gasteiger partial charge in [-0.3, -0.25) is 15.5 Å². The van der Waals surface area contributed by atoms with E-state index < -0.39 is 4.92 Å². The van der Waals surface area contributed by atoms with Crippen LogP contribution in [-0.4, -0.2) is 28.3 Å². The number of phenols is 1. The molecule has 2 N–H and O–H groups in total. The highest BCUT2D eigenvalue weighted by molar-refractivity contribution is 9.10. The lowest BCUT2D eigenvalue weighted by molar-refractivity contribution is -0.385. The fourth-order valence-corrected chi connectivity index (χ4v) is 2.03. The number of aromatic nitrogens is 1. The third-order valence-electron chi connectivity index (χ3n) is 2.63. The van der Waals surface area contributed by atoms with E-state index in [0.717, 1.165) is 10.7 Å². The number of hydrogen-bond donors (Lipinski definition) is 2. The molecule has 2 aromatic rings. The topological polar surface area (TPSA) is 110 Å². The summed E-state index contributed by atoms with van der Waals surface area (Å²) in [6, 6.07) is 6.02. The van der Waals surface area contributed by atoms with Crippen molar-refractivity contribution in [3.63, 3.8) is 0 Å². The molecule has 0 unspecified atom stereocenters. The van der Waals surface area contributed by atoms with Crippen molar-refractivity contribution in [3.8, 4) is 11.5 Å². The molecule has 0 fully saturated rings. The minimum absolute atomic E-state index is 0.0482. The van der Waals surface area contributed by atoms with Crippen LogP contribution in [0.4, 0.5) is 11.5 Å². The average Bonchev–Trinajstić information content (AvgIpc) is 2.50. The number of anilines is 1. The fourth-order valence-electron chi connectivity index (χ4n) is 1.58. The van der Waals surface area contributed by atoms with Crippen LogP contribution in [0.3, 0.4) is 0 Å². The standard InChI is InChI=1S/C13H11BrN4O4/c1-22-11-5-9(14)4-8(13(11)19)6-16-17-12-3-2-10(7-15-12)18(20)21/h2-7,19H,1H3,(H,15,17).